The Kier molecular flexibility index (Phi) is 4.58. The van der Waals surface area contributed by atoms with Gasteiger partial charge in [0, 0.05) is 33.1 Å². The molecule has 140 valence electrons. The van der Waals surface area contributed by atoms with Crippen molar-refractivity contribution in [3.05, 3.63) is 71.1 Å². The molecule has 2 aromatic heterocycles. The van der Waals surface area contributed by atoms with Crippen LogP contribution < -0.4 is 5.43 Å². The monoisotopic (exact) mass is 395 g/mol. The van der Waals surface area contributed by atoms with Crippen molar-refractivity contribution in [3.8, 4) is 0 Å². The van der Waals surface area contributed by atoms with Crippen LogP contribution in [0.4, 0.5) is 0 Å². The number of para-hydroxylation sites is 1. The van der Waals surface area contributed by atoms with Crippen LogP contribution in [0.3, 0.4) is 0 Å². The molecule has 0 saturated carbocycles. The molecule has 2 aromatic carbocycles. The third-order valence-corrected chi connectivity index (χ3v) is 4.43. The molecule has 0 aliphatic heterocycles. The van der Waals surface area contributed by atoms with E-state index in [1.165, 1.54) is 6.21 Å². The smallest absolute Gasteiger partial charge is 0.323 e. The molecule has 0 atom stereocenters. The molecule has 2 N–H and O–H groups in total. The third kappa shape index (κ3) is 3.47. The summed E-state index contributed by atoms with van der Waals surface area (Å²) in [6, 6.07) is 14.0. The van der Waals surface area contributed by atoms with Gasteiger partial charge in [0.15, 0.2) is 5.76 Å². The van der Waals surface area contributed by atoms with Crippen molar-refractivity contribution in [1.29, 1.82) is 0 Å². The van der Waals surface area contributed by atoms with E-state index < -0.39 is 11.9 Å². The molecular weight excluding hydrogens is 382 g/mol. The minimum absolute atomic E-state index is 0.114. The number of furan rings is 1. The Balaban J connectivity index is 1.55. The maximum atomic E-state index is 12.3. The average Bonchev–Trinajstić information content (AvgIpc) is 3.23. The van der Waals surface area contributed by atoms with Gasteiger partial charge in [0.1, 0.15) is 12.1 Å². The molecule has 4 rings (SSSR count). The highest BCUT2D eigenvalue weighted by atomic mass is 35.5. The van der Waals surface area contributed by atoms with Crippen LogP contribution in [0.2, 0.25) is 5.02 Å². The second kappa shape index (κ2) is 7.21. The van der Waals surface area contributed by atoms with Crippen molar-refractivity contribution in [2.24, 2.45) is 5.10 Å². The van der Waals surface area contributed by atoms with Gasteiger partial charge in [-0.25, -0.2) is 5.43 Å². The zero-order chi connectivity index (χ0) is 19.7. The van der Waals surface area contributed by atoms with Crippen molar-refractivity contribution >= 4 is 51.6 Å². The molecule has 4 aromatic rings. The molecule has 0 unspecified atom stereocenters. The summed E-state index contributed by atoms with van der Waals surface area (Å²) in [7, 11) is 0. The number of nitrogens with zero attached hydrogens (tertiary/aromatic N) is 2. The second-order valence-corrected chi connectivity index (χ2v) is 6.55. The number of carboxylic acid groups (broad SMARTS) is 1. The Morgan fingerprint density at radius 3 is 2.86 bits per heavy atom. The van der Waals surface area contributed by atoms with Crippen LogP contribution in [0.15, 0.2) is 64.2 Å². The fourth-order valence-corrected chi connectivity index (χ4v) is 3.18. The number of benzene rings is 2. The minimum Gasteiger partial charge on any atom is -0.480 e. The van der Waals surface area contributed by atoms with Gasteiger partial charge in [0.2, 0.25) is 0 Å². The second-order valence-electron chi connectivity index (χ2n) is 6.12. The largest absolute Gasteiger partial charge is 0.480 e. The van der Waals surface area contributed by atoms with E-state index in [1.807, 2.05) is 24.3 Å². The molecule has 8 heteroatoms. The molecule has 0 fully saturated rings. The van der Waals surface area contributed by atoms with E-state index in [1.54, 1.807) is 35.0 Å². The number of halogens is 1. The number of carboxylic acids is 1. The van der Waals surface area contributed by atoms with E-state index in [2.05, 4.69) is 10.5 Å². The Labute approximate surface area is 163 Å². The summed E-state index contributed by atoms with van der Waals surface area (Å²) in [4.78, 5) is 23.3. The summed E-state index contributed by atoms with van der Waals surface area (Å²) in [6.45, 7) is -0.164. The van der Waals surface area contributed by atoms with Crippen LogP contribution in [0.25, 0.3) is 21.9 Å². The van der Waals surface area contributed by atoms with Gasteiger partial charge in [-0.15, -0.1) is 0 Å². The fraction of sp³-hybridized carbons (Fsp3) is 0.0500. The summed E-state index contributed by atoms with van der Waals surface area (Å²) in [5.41, 5.74) is 4.43. The van der Waals surface area contributed by atoms with Gasteiger partial charge < -0.3 is 14.1 Å². The van der Waals surface area contributed by atoms with Gasteiger partial charge in [-0.3, -0.25) is 9.59 Å². The van der Waals surface area contributed by atoms with Crippen LogP contribution in [-0.4, -0.2) is 27.8 Å². The number of aliphatic carboxylic acids is 1. The average molecular weight is 396 g/mol. The number of carbonyl (C=O) groups is 2. The first kappa shape index (κ1) is 17.8. The standard InChI is InChI=1S/C20H14ClN3O4/c21-14-5-6-17-12(7-14)8-18(28-17)20(27)23-22-9-13-10-24(11-19(25)26)16-4-2-1-3-15(13)16/h1-10H,11H2,(H,23,27)(H,25,26)/b22-9+. The van der Waals surface area contributed by atoms with Crippen LogP contribution in [0.1, 0.15) is 16.1 Å². The van der Waals surface area contributed by atoms with Crippen molar-refractivity contribution in [2.75, 3.05) is 0 Å². The molecule has 7 nitrogen and oxygen atoms in total. The molecule has 0 aliphatic carbocycles. The molecule has 0 radical (unpaired) electrons. The van der Waals surface area contributed by atoms with E-state index in [-0.39, 0.29) is 12.3 Å². The number of rotatable bonds is 5. The number of aromatic nitrogens is 1. The molecule has 2 heterocycles. The van der Waals surface area contributed by atoms with Crippen molar-refractivity contribution in [2.45, 2.75) is 6.54 Å². The molecule has 0 spiro atoms. The summed E-state index contributed by atoms with van der Waals surface area (Å²) >= 11 is 5.94. The number of hydrogen-bond acceptors (Lipinski definition) is 4. The predicted octanol–water partition coefficient (Wildman–Crippen LogP) is 3.89. The van der Waals surface area contributed by atoms with Crippen LogP contribution in [-0.2, 0) is 11.3 Å². The minimum atomic E-state index is -0.942. The molecular formula is C20H14ClN3O4. The third-order valence-electron chi connectivity index (χ3n) is 4.20. The van der Waals surface area contributed by atoms with E-state index in [9.17, 15) is 9.59 Å². The van der Waals surface area contributed by atoms with Gasteiger partial charge in [0.05, 0.1) is 6.21 Å². The quantitative estimate of drug-likeness (QED) is 0.395. The first-order chi connectivity index (χ1) is 13.5. The maximum Gasteiger partial charge on any atom is 0.323 e. The maximum absolute atomic E-state index is 12.3. The first-order valence-corrected chi connectivity index (χ1v) is 8.71. The first-order valence-electron chi connectivity index (χ1n) is 8.33. The number of amides is 1. The number of hydrogen-bond donors (Lipinski definition) is 2. The number of fused-ring (bicyclic) bond motifs is 2. The zero-order valence-electron chi connectivity index (χ0n) is 14.4. The van der Waals surface area contributed by atoms with Crippen LogP contribution in [0.5, 0.6) is 0 Å². The number of hydrazone groups is 1. The van der Waals surface area contributed by atoms with Crippen molar-refractivity contribution in [3.63, 3.8) is 0 Å². The van der Waals surface area contributed by atoms with E-state index in [0.717, 1.165) is 16.3 Å². The van der Waals surface area contributed by atoms with Crippen LogP contribution >= 0.6 is 11.6 Å². The lowest BCUT2D eigenvalue weighted by molar-refractivity contribution is -0.137. The number of carbonyl (C=O) groups excluding carboxylic acids is 1. The Hall–Kier alpha value is -3.58. The topological polar surface area (TPSA) is 96.8 Å². The van der Waals surface area contributed by atoms with Gasteiger partial charge in [-0.1, -0.05) is 29.8 Å². The highest BCUT2D eigenvalue weighted by Gasteiger charge is 2.12. The Morgan fingerprint density at radius 2 is 2.04 bits per heavy atom. The van der Waals surface area contributed by atoms with Gasteiger partial charge in [-0.05, 0) is 30.3 Å². The highest BCUT2D eigenvalue weighted by Crippen LogP contribution is 2.23. The van der Waals surface area contributed by atoms with E-state index in [4.69, 9.17) is 21.1 Å². The summed E-state index contributed by atoms with van der Waals surface area (Å²) < 4.78 is 7.11. The lowest BCUT2D eigenvalue weighted by atomic mass is 10.2. The summed E-state index contributed by atoms with van der Waals surface area (Å²) in [5.74, 6) is -1.33. The van der Waals surface area contributed by atoms with Gasteiger partial charge >= 0.3 is 11.9 Å². The van der Waals surface area contributed by atoms with E-state index >= 15 is 0 Å². The normalized spacial score (nSPS) is 11.5. The number of nitrogens with one attached hydrogen (secondary N) is 1. The molecule has 0 bridgehead atoms. The zero-order valence-corrected chi connectivity index (χ0v) is 15.2. The molecule has 1 amide bonds. The Bertz CT molecular complexity index is 1240. The van der Waals surface area contributed by atoms with E-state index in [0.29, 0.717) is 16.2 Å². The molecule has 28 heavy (non-hydrogen) atoms. The fourth-order valence-electron chi connectivity index (χ4n) is 3.00. The predicted molar refractivity (Wildman–Crippen MR) is 106 cm³/mol. The van der Waals surface area contributed by atoms with Gasteiger partial charge in [0.25, 0.3) is 0 Å². The van der Waals surface area contributed by atoms with Crippen molar-refractivity contribution < 1.29 is 19.1 Å². The Morgan fingerprint density at radius 1 is 1.21 bits per heavy atom. The van der Waals surface area contributed by atoms with Crippen LogP contribution in [0, 0.1) is 0 Å². The molecule has 0 aliphatic rings. The lowest BCUT2D eigenvalue weighted by Crippen LogP contribution is -2.16. The SMILES string of the molecule is O=C(O)Cn1cc(/C=N/NC(=O)c2cc3cc(Cl)ccc3o2)c2ccccc21. The highest BCUT2D eigenvalue weighted by molar-refractivity contribution is 6.31. The van der Waals surface area contributed by atoms with Gasteiger partial charge in [-0.2, -0.15) is 5.10 Å². The molecule has 0 saturated heterocycles. The summed E-state index contributed by atoms with van der Waals surface area (Å²) in [5, 5.41) is 15.1. The summed E-state index contributed by atoms with van der Waals surface area (Å²) in [6.07, 6.45) is 3.15. The lowest BCUT2D eigenvalue weighted by Gasteiger charge is -1.99. The van der Waals surface area contributed by atoms with Crippen molar-refractivity contribution in [1.82, 2.24) is 9.99 Å².